The number of benzene rings is 3. The molecule has 4 rings (SSSR count). The van der Waals surface area contributed by atoms with Crippen molar-refractivity contribution in [3.63, 3.8) is 0 Å². The average Bonchev–Trinajstić information content (AvgIpc) is 2.92. The molecule has 1 aliphatic rings. The van der Waals surface area contributed by atoms with Gasteiger partial charge in [-0.3, -0.25) is 0 Å². The molecule has 1 aliphatic heterocycles. The summed E-state index contributed by atoms with van der Waals surface area (Å²) in [6.07, 6.45) is 4.30. The van der Waals surface area contributed by atoms with Crippen molar-refractivity contribution in [3.8, 4) is 16.9 Å². The Labute approximate surface area is 217 Å². The molecule has 3 aromatic carbocycles. The normalized spacial score (nSPS) is 17.8. The number of hydrogen-bond donors (Lipinski definition) is 0. The van der Waals surface area contributed by atoms with Gasteiger partial charge in [-0.25, -0.2) is 22.0 Å². The standard InChI is InChI=1S/C30H28F6O2/c1-3-5-18-10-12-22(29(35)25(18)31)23-14-7-17(16-38-23)6-8-19-9-11-20(27(33)26(19)32)21-13-15-24(37-4-2)30(36)28(21)34/h3,5,9-13,15,17,23H,4,6-8,14,16H2,1-2H3. The van der Waals surface area contributed by atoms with Gasteiger partial charge in [0.15, 0.2) is 34.8 Å². The van der Waals surface area contributed by atoms with Crippen LogP contribution in [0.4, 0.5) is 26.3 Å². The summed E-state index contributed by atoms with van der Waals surface area (Å²) in [6.45, 7) is 3.72. The fourth-order valence-electron chi connectivity index (χ4n) is 4.77. The predicted octanol–water partition coefficient (Wildman–Crippen LogP) is 8.72. The Bertz CT molecular complexity index is 1330. The van der Waals surface area contributed by atoms with Crippen molar-refractivity contribution in [2.45, 2.75) is 45.6 Å². The van der Waals surface area contributed by atoms with Gasteiger partial charge >= 0.3 is 0 Å². The van der Waals surface area contributed by atoms with Crippen LogP contribution >= 0.6 is 0 Å². The lowest BCUT2D eigenvalue weighted by Gasteiger charge is -2.29. The second kappa shape index (κ2) is 12.1. The molecule has 2 atom stereocenters. The third-order valence-corrected chi connectivity index (χ3v) is 6.83. The molecular formula is C30H28F6O2. The lowest BCUT2D eigenvalue weighted by molar-refractivity contribution is -0.0212. The van der Waals surface area contributed by atoms with E-state index in [1.165, 1.54) is 36.4 Å². The minimum atomic E-state index is -1.32. The van der Waals surface area contributed by atoms with E-state index in [2.05, 4.69) is 0 Å². The molecule has 1 heterocycles. The second-order valence-corrected chi connectivity index (χ2v) is 9.25. The molecule has 0 aromatic heterocycles. The van der Waals surface area contributed by atoms with Crippen LogP contribution < -0.4 is 4.74 Å². The zero-order valence-corrected chi connectivity index (χ0v) is 21.1. The van der Waals surface area contributed by atoms with Crippen LogP contribution in [0.25, 0.3) is 17.2 Å². The van der Waals surface area contributed by atoms with Crippen molar-refractivity contribution in [1.82, 2.24) is 0 Å². The molecule has 0 spiro atoms. The SMILES string of the molecule is CC=Cc1ccc(C2CCC(CCc3ccc(-c4ccc(OCC)c(F)c4F)c(F)c3F)CO2)c(F)c1F. The molecule has 202 valence electrons. The van der Waals surface area contributed by atoms with Crippen molar-refractivity contribution in [1.29, 1.82) is 0 Å². The molecule has 38 heavy (non-hydrogen) atoms. The van der Waals surface area contributed by atoms with E-state index in [0.717, 1.165) is 6.07 Å². The van der Waals surface area contributed by atoms with Gasteiger partial charge < -0.3 is 9.47 Å². The molecule has 0 amide bonds. The Morgan fingerprint density at radius 1 is 0.816 bits per heavy atom. The van der Waals surface area contributed by atoms with Crippen molar-refractivity contribution in [2.24, 2.45) is 5.92 Å². The number of halogens is 6. The molecule has 1 saturated heterocycles. The Kier molecular flexibility index (Phi) is 8.82. The van der Waals surface area contributed by atoms with E-state index in [0.29, 0.717) is 19.3 Å². The summed E-state index contributed by atoms with van der Waals surface area (Å²) in [7, 11) is 0. The van der Waals surface area contributed by atoms with Crippen LogP contribution in [-0.2, 0) is 11.2 Å². The first-order valence-corrected chi connectivity index (χ1v) is 12.6. The number of hydrogen-bond acceptors (Lipinski definition) is 2. The van der Waals surface area contributed by atoms with Gasteiger partial charge in [-0.2, -0.15) is 4.39 Å². The van der Waals surface area contributed by atoms with Gasteiger partial charge in [0.05, 0.1) is 19.3 Å². The number of ether oxygens (including phenoxy) is 2. The molecule has 0 aliphatic carbocycles. The monoisotopic (exact) mass is 534 g/mol. The van der Waals surface area contributed by atoms with E-state index in [1.54, 1.807) is 19.9 Å². The van der Waals surface area contributed by atoms with E-state index in [9.17, 15) is 26.3 Å². The second-order valence-electron chi connectivity index (χ2n) is 9.25. The average molecular weight is 535 g/mol. The van der Waals surface area contributed by atoms with Crippen LogP contribution in [0.3, 0.4) is 0 Å². The highest BCUT2D eigenvalue weighted by Gasteiger charge is 2.27. The maximum atomic E-state index is 14.9. The minimum Gasteiger partial charge on any atom is -0.491 e. The van der Waals surface area contributed by atoms with Gasteiger partial charge in [0.25, 0.3) is 0 Å². The number of aryl methyl sites for hydroxylation is 1. The van der Waals surface area contributed by atoms with Crippen molar-refractivity contribution in [3.05, 3.63) is 94.1 Å². The van der Waals surface area contributed by atoms with Crippen LogP contribution in [0.1, 0.15) is 55.9 Å². The summed E-state index contributed by atoms with van der Waals surface area (Å²) in [4.78, 5) is 0. The highest BCUT2D eigenvalue weighted by Crippen LogP contribution is 2.36. The van der Waals surface area contributed by atoms with Gasteiger partial charge in [0.2, 0.25) is 5.82 Å². The first-order chi connectivity index (χ1) is 18.3. The Morgan fingerprint density at radius 2 is 1.53 bits per heavy atom. The Morgan fingerprint density at radius 3 is 2.18 bits per heavy atom. The molecule has 0 bridgehead atoms. The Hall–Kier alpha value is -3.26. The highest BCUT2D eigenvalue weighted by atomic mass is 19.2. The van der Waals surface area contributed by atoms with Crippen molar-refractivity contribution in [2.75, 3.05) is 13.2 Å². The lowest BCUT2D eigenvalue weighted by Crippen LogP contribution is -2.22. The molecule has 0 saturated carbocycles. The molecule has 1 fully saturated rings. The van der Waals surface area contributed by atoms with Crippen molar-refractivity contribution >= 4 is 6.08 Å². The summed E-state index contributed by atoms with van der Waals surface area (Å²) < 4.78 is 98.1. The van der Waals surface area contributed by atoms with E-state index >= 15 is 0 Å². The van der Waals surface area contributed by atoms with Crippen LogP contribution in [0.2, 0.25) is 0 Å². The molecule has 8 heteroatoms. The van der Waals surface area contributed by atoms with Gasteiger partial charge in [0.1, 0.15) is 0 Å². The molecule has 0 N–H and O–H groups in total. The lowest BCUT2D eigenvalue weighted by atomic mass is 9.89. The summed E-state index contributed by atoms with van der Waals surface area (Å²) in [6, 6.07) is 7.96. The Balaban J connectivity index is 1.40. The number of allylic oxidation sites excluding steroid dienone is 1. The van der Waals surface area contributed by atoms with Gasteiger partial charge in [-0.15, -0.1) is 0 Å². The van der Waals surface area contributed by atoms with Crippen LogP contribution in [0, 0.1) is 40.8 Å². The highest BCUT2D eigenvalue weighted by molar-refractivity contribution is 5.66. The van der Waals surface area contributed by atoms with E-state index in [4.69, 9.17) is 9.47 Å². The van der Waals surface area contributed by atoms with Crippen LogP contribution in [0.5, 0.6) is 5.75 Å². The third-order valence-electron chi connectivity index (χ3n) is 6.83. The first-order valence-electron chi connectivity index (χ1n) is 12.6. The van der Waals surface area contributed by atoms with Gasteiger partial charge in [-0.1, -0.05) is 36.4 Å². The smallest absolute Gasteiger partial charge is 0.201 e. The van der Waals surface area contributed by atoms with Gasteiger partial charge in [0, 0.05) is 22.3 Å². The largest absolute Gasteiger partial charge is 0.491 e. The van der Waals surface area contributed by atoms with Crippen LogP contribution in [-0.4, -0.2) is 13.2 Å². The summed E-state index contributed by atoms with van der Waals surface area (Å²) >= 11 is 0. The summed E-state index contributed by atoms with van der Waals surface area (Å²) in [5.74, 6) is -7.09. The minimum absolute atomic E-state index is 0.0150. The van der Waals surface area contributed by atoms with E-state index in [-0.39, 0.29) is 53.6 Å². The zero-order valence-electron chi connectivity index (χ0n) is 21.1. The quantitative estimate of drug-likeness (QED) is 0.269. The predicted molar refractivity (Wildman–Crippen MR) is 134 cm³/mol. The molecular weight excluding hydrogens is 506 g/mol. The van der Waals surface area contributed by atoms with Gasteiger partial charge in [-0.05, 0) is 63.1 Å². The maximum absolute atomic E-state index is 14.9. The fourth-order valence-corrected chi connectivity index (χ4v) is 4.77. The first kappa shape index (κ1) is 27.8. The summed E-state index contributed by atoms with van der Waals surface area (Å²) in [5.41, 5.74) is -0.353. The van der Waals surface area contributed by atoms with Crippen molar-refractivity contribution < 1.29 is 35.8 Å². The van der Waals surface area contributed by atoms with E-state index < -0.39 is 46.6 Å². The topological polar surface area (TPSA) is 18.5 Å². The molecule has 0 radical (unpaired) electrons. The fraction of sp³-hybridized carbons (Fsp3) is 0.333. The summed E-state index contributed by atoms with van der Waals surface area (Å²) in [5, 5.41) is 0. The molecule has 3 aromatic rings. The van der Waals surface area contributed by atoms with E-state index in [1.807, 2.05) is 0 Å². The molecule has 2 nitrogen and oxygen atoms in total. The maximum Gasteiger partial charge on any atom is 0.201 e. The van der Waals surface area contributed by atoms with Crippen LogP contribution in [0.15, 0.2) is 42.5 Å². The zero-order chi connectivity index (χ0) is 27.4. The molecule has 2 unspecified atom stereocenters. The third kappa shape index (κ3) is 5.60. The number of rotatable bonds is 8.